The zero-order chi connectivity index (χ0) is 22.8. The van der Waals surface area contributed by atoms with Gasteiger partial charge in [-0.15, -0.1) is 0 Å². The second-order valence-corrected chi connectivity index (χ2v) is 6.70. The topological polar surface area (TPSA) is 58.6 Å². The van der Waals surface area contributed by atoms with Crippen LogP contribution >= 0.6 is 0 Å². The van der Waals surface area contributed by atoms with Crippen LogP contribution in [0.2, 0.25) is 0 Å². The Balaban J connectivity index is 1.68. The van der Waals surface area contributed by atoms with Crippen LogP contribution in [0, 0.1) is 0 Å². The van der Waals surface area contributed by atoms with Gasteiger partial charge >= 0.3 is 12.4 Å². The van der Waals surface area contributed by atoms with E-state index in [0.29, 0.717) is 23.6 Å². The van der Waals surface area contributed by atoms with Crippen LogP contribution in [0.25, 0.3) is 0 Å². The summed E-state index contributed by atoms with van der Waals surface area (Å²) in [6.45, 7) is 0.499. The highest BCUT2D eigenvalue weighted by Gasteiger charge is 2.37. The van der Waals surface area contributed by atoms with Crippen molar-refractivity contribution in [2.75, 3.05) is 23.4 Å². The van der Waals surface area contributed by atoms with Crippen LogP contribution in [0.15, 0.2) is 42.5 Å². The molecule has 0 unspecified atom stereocenters. The van der Waals surface area contributed by atoms with Gasteiger partial charge in [-0.2, -0.15) is 26.3 Å². The summed E-state index contributed by atoms with van der Waals surface area (Å²) in [4.78, 5) is 26.0. The average Bonchev–Trinajstić information content (AvgIpc) is 2.70. The van der Waals surface area contributed by atoms with Crippen LogP contribution < -0.4 is 15.0 Å². The number of benzene rings is 2. The second kappa shape index (κ2) is 8.48. The highest BCUT2D eigenvalue weighted by Crippen LogP contribution is 2.37. The molecular formula is C20H16F6N2O3. The van der Waals surface area contributed by atoms with Gasteiger partial charge in [-0.3, -0.25) is 9.59 Å². The minimum absolute atomic E-state index is 0.0327. The number of nitrogens with zero attached hydrogens (tertiary/aromatic N) is 1. The number of amides is 2. The standard InChI is InChI=1S/C20H16F6N2O3/c21-19(22,23)12-9-13(20(24,25)26)11-14(10-12)27-17(29)5-6-18(30)28-7-8-31-16-4-2-1-3-15(16)28/h1-4,9-11H,5-8H2,(H,27,29). The fourth-order valence-corrected chi connectivity index (χ4v) is 3.03. The predicted octanol–water partition coefficient (Wildman–Crippen LogP) is 4.87. The highest BCUT2D eigenvalue weighted by atomic mass is 19.4. The first-order valence-electron chi connectivity index (χ1n) is 9.06. The summed E-state index contributed by atoms with van der Waals surface area (Å²) in [5.74, 6) is -0.816. The lowest BCUT2D eigenvalue weighted by molar-refractivity contribution is -0.143. The van der Waals surface area contributed by atoms with Crippen LogP contribution in [0.4, 0.5) is 37.7 Å². The van der Waals surface area contributed by atoms with Gasteiger partial charge in [0.1, 0.15) is 12.4 Å². The minimum Gasteiger partial charge on any atom is -0.490 e. The number of carbonyl (C=O) groups excluding carboxylic acids is 2. The Labute approximate surface area is 172 Å². The Hall–Kier alpha value is -3.24. The summed E-state index contributed by atoms with van der Waals surface area (Å²) >= 11 is 0. The fourth-order valence-electron chi connectivity index (χ4n) is 3.03. The van der Waals surface area contributed by atoms with Gasteiger partial charge in [0.15, 0.2) is 0 Å². The molecule has 2 amide bonds. The molecule has 31 heavy (non-hydrogen) atoms. The minimum atomic E-state index is -5.03. The molecule has 1 aliphatic rings. The van der Waals surface area contributed by atoms with Crippen LogP contribution in [-0.2, 0) is 21.9 Å². The van der Waals surface area contributed by atoms with Gasteiger partial charge in [0.25, 0.3) is 0 Å². The molecule has 1 N–H and O–H groups in total. The van der Waals surface area contributed by atoms with Gasteiger partial charge < -0.3 is 15.0 Å². The Bertz CT molecular complexity index is 955. The summed E-state index contributed by atoms with van der Waals surface area (Å²) in [6, 6.07) is 7.55. The summed E-state index contributed by atoms with van der Waals surface area (Å²) in [5.41, 5.74) is -3.22. The van der Waals surface area contributed by atoms with E-state index in [1.807, 2.05) is 5.32 Å². The molecule has 0 atom stereocenters. The second-order valence-electron chi connectivity index (χ2n) is 6.70. The van der Waals surface area contributed by atoms with Crippen molar-refractivity contribution in [1.82, 2.24) is 0 Å². The maximum atomic E-state index is 12.9. The van der Waals surface area contributed by atoms with Crippen molar-refractivity contribution in [2.45, 2.75) is 25.2 Å². The fraction of sp³-hybridized carbons (Fsp3) is 0.300. The van der Waals surface area contributed by atoms with Crippen LogP contribution in [0.3, 0.4) is 0 Å². The van der Waals surface area contributed by atoms with Gasteiger partial charge in [-0.1, -0.05) is 12.1 Å². The molecule has 1 aliphatic heterocycles. The maximum Gasteiger partial charge on any atom is 0.416 e. The van der Waals surface area contributed by atoms with Crippen molar-refractivity contribution in [3.8, 4) is 5.75 Å². The Kier molecular flexibility index (Phi) is 6.14. The van der Waals surface area contributed by atoms with Gasteiger partial charge in [0.2, 0.25) is 11.8 Å². The molecule has 0 fully saturated rings. The largest absolute Gasteiger partial charge is 0.490 e. The van der Waals surface area contributed by atoms with Crippen molar-refractivity contribution in [3.63, 3.8) is 0 Å². The number of hydrogen-bond donors (Lipinski definition) is 1. The molecule has 2 aromatic carbocycles. The lowest BCUT2D eigenvalue weighted by atomic mass is 10.1. The molecule has 0 aromatic heterocycles. The zero-order valence-electron chi connectivity index (χ0n) is 15.8. The first-order chi connectivity index (χ1) is 14.4. The molecule has 5 nitrogen and oxygen atoms in total. The SMILES string of the molecule is O=C(CCC(=O)N1CCOc2ccccc21)Nc1cc(C(F)(F)F)cc(C(F)(F)F)c1. The number of anilines is 2. The van der Waals surface area contributed by atoms with E-state index in [9.17, 15) is 35.9 Å². The molecule has 0 aliphatic carbocycles. The number of rotatable bonds is 4. The number of halogens is 6. The van der Waals surface area contributed by atoms with E-state index in [2.05, 4.69) is 0 Å². The lowest BCUT2D eigenvalue weighted by Crippen LogP contribution is -2.38. The third-order valence-electron chi connectivity index (χ3n) is 4.47. The van der Waals surface area contributed by atoms with E-state index >= 15 is 0 Å². The molecule has 166 valence electrons. The van der Waals surface area contributed by atoms with E-state index in [-0.39, 0.29) is 25.6 Å². The number of fused-ring (bicyclic) bond motifs is 1. The molecule has 3 rings (SSSR count). The van der Waals surface area contributed by atoms with E-state index in [4.69, 9.17) is 4.74 Å². The van der Waals surface area contributed by atoms with E-state index in [0.717, 1.165) is 0 Å². The molecule has 0 spiro atoms. The number of ether oxygens (including phenoxy) is 1. The monoisotopic (exact) mass is 446 g/mol. The van der Waals surface area contributed by atoms with Gasteiger partial charge in [0, 0.05) is 18.5 Å². The maximum absolute atomic E-state index is 12.9. The number of hydrogen-bond acceptors (Lipinski definition) is 3. The smallest absolute Gasteiger partial charge is 0.416 e. The summed E-state index contributed by atoms with van der Waals surface area (Å²) < 4.78 is 82.9. The number of nitrogens with one attached hydrogen (secondary N) is 1. The van der Waals surface area contributed by atoms with E-state index in [1.54, 1.807) is 24.3 Å². The molecule has 0 bridgehead atoms. The number of carbonyl (C=O) groups is 2. The number of para-hydroxylation sites is 2. The highest BCUT2D eigenvalue weighted by molar-refractivity contribution is 5.99. The van der Waals surface area contributed by atoms with Crippen molar-refractivity contribution in [1.29, 1.82) is 0 Å². The molecule has 0 radical (unpaired) electrons. The summed E-state index contributed by atoms with van der Waals surface area (Å²) in [5, 5.41) is 2.01. The first kappa shape index (κ1) is 22.4. The third kappa shape index (κ3) is 5.47. The third-order valence-corrected chi connectivity index (χ3v) is 4.47. The Morgan fingerprint density at radius 1 is 0.935 bits per heavy atom. The van der Waals surface area contributed by atoms with E-state index < -0.39 is 47.4 Å². The molecular weight excluding hydrogens is 430 g/mol. The molecule has 2 aromatic rings. The zero-order valence-corrected chi connectivity index (χ0v) is 15.8. The van der Waals surface area contributed by atoms with Crippen molar-refractivity contribution < 1.29 is 40.7 Å². The van der Waals surface area contributed by atoms with Crippen molar-refractivity contribution >= 4 is 23.2 Å². The van der Waals surface area contributed by atoms with Crippen LogP contribution in [-0.4, -0.2) is 25.0 Å². The molecule has 11 heteroatoms. The van der Waals surface area contributed by atoms with Crippen LogP contribution in [0.5, 0.6) is 5.75 Å². The molecule has 1 heterocycles. The van der Waals surface area contributed by atoms with Gasteiger partial charge in [-0.05, 0) is 30.3 Å². The Morgan fingerprint density at radius 3 is 2.16 bits per heavy atom. The molecule has 0 saturated heterocycles. The van der Waals surface area contributed by atoms with E-state index in [1.165, 1.54) is 4.90 Å². The predicted molar refractivity (Wildman–Crippen MR) is 98.6 cm³/mol. The first-order valence-corrected chi connectivity index (χ1v) is 9.06. The molecule has 0 saturated carbocycles. The van der Waals surface area contributed by atoms with Crippen LogP contribution in [0.1, 0.15) is 24.0 Å². The quantitative estimate of drug-likeness (QED) is 0.682. The lowest BCUT2D eigenvalue weighted by Gasteiger charge is -2.29. The van der Waals surface area contributed by atoms with Gasteiger partial charge in [-0.25, -0.2) is 0 Å². The average molecular weight is 446 g/mol. The van der Waals surface area contributed by atoms with Crippen molar-refractivity contribution in [2.24, 2.45) is 0 Å². The Morgan fingerprint density at radius 2 is 1.55 bits per heavy atom. The number of alkyl halides is 6. The summed E-state index contributed by atoms with van der Waals surface area (Å²) in [7, 11) is 0. The normalized spacial score (nSPS) is 13.9. The van der Waals surface area contributed by atoms with Gasteiger partial charge in [0.05, 0.1) is 23.4 Å². The van der Waals surface area contributed by atoms with Crippen molar-refractivity contribution in [3.05, 3.63) is 53.6 Å². The summed E-state index contributed by atoms with van der Waals surface area (Å²) in [6.07, 6.45) is -10.8.